The van der Waals surface area contributed by atoms with Gasteiger partial charge in [-0.3, -0.25) is 0 Å². The van der Waals surface area contributed by atoms with Crippen molar-refractivity contribution in [3.8, 4) is 0 Å². The first-order valence-electron chi connectivity index (χ1n) is 3.10. The fourth-order valence-corrected chi connectivity index (χ4v) is 0.358. The van der Waals surface area contributed by atoms with Gasteiger partial charge in [-0.1, -0.05) is 6.92 Å². The number of nitrogens with zero attached hydrogens (tertiary/aromatic N) is 2. The molecule has 0 aromatic carbocycles. The summed E-state index contributed by atoms with van der Waals surface area (Å²) >= 11 is 0. The summed E-state index contributed by atoms with van der Waals surface area (Å²) in [5, 5.41) is 22.1. The minimum Gasteiger partial charge on any atom is -0.737 e. The number of hydrazine groups is 1. The van der Waals surface area contributed by atoms with Crippen LogP contribution in [0.3, 0.4) is 0 Å². The molecule has 0 heterocycles. The second kappa shape index (κ2) is 3.24. The molecule has 0 aliphatic heterocycles. The Hall–Kier alpha value is -1.00. The van der Waals surface area contributed by atoms with Gasteiger partial charge in [0.05, 0.1) is 5.54 Å². The van der Waals surface area contributed by atoms with Crippen LogP contribution in [0.2, 0.25) is 0 Å². The first-order valence-corrected chi connectivity index (χ1v) is 3.10. The van der Waals surface area contributed by atoms with Gasteiger partial charge in [-0.15, -0.1) is 0 Å². The minimum atomic E-state index is -0.365. The fourth-order valence-electron chi connectivity index (χ4n) is 0.358. The summed E-state index contributed by atoms with van der Waals surface area (Å²) in [7, 11) is 0. The van der Waals surface area contributed by atoms with E-state index in [1.807, 2.05) is 20.8 Å². The molecule has 0 aliphatic rings. The van der Waals surface area contributed by atoms with Crippen molar-refractivity contribution < 1.29 is 4.97 Å². The molecular formula is C5H12N3O2-. The minimum absolute atomic E-state index is 0.0660. The van der Waals surface area contributed by atoms with Crippen LogP contribution in [0.5, 0.6) is 0 Å². The third-order valence-electron chi connectivity index (χ3n) is 1.36. The topological polar surface area (TPSA) is 73.5 Å². The molecule has 0 rings (SSSR count). The van der Waals surface area contributed by atoms with Crippen LogP contribution in [0, 0.1) is 10.4 Å². The van der Waals surface area contributed by atoms with Crippen LogP contribution < -0.4 is 5.43 Å². The first-order chi connectivity index (χ1) is 4.52. The summed E-state index contributed by atoms with van der Waals surface area (Å²) in [5.74, 6) is 0. The SMILES string of the molecule is CCC(C)(C)N/[N+]([O-])=N\[O-]. The molecule has 0 bridgehead atoms. The van der Waals surface area contributed by atoms with Crippen LogP contribution in [0.4, 0.5) is 0 Å². The van der Waals surface area contributed by atoms with Gasteiger partial charge in [0.2, 0.25) is 0 Å². The van der Waals surface area contributed by atoms with E-state index in [2.05, 4.69) is 10.7 Å². The molecule has 1 N–H and O–H groups in total. The van der Waals surface area contributed by atoms with Crippen molar-refractivity contribution in [2.75, 3.05) is 0 Å². The molecule has 0 aromatic rings. The highest BCUT2D eigenvalue weighted by molar-refractivity contribution is 4.69. The van der Waals surface area contributed by atoms with E-state index in [-0.39, 0.29) is 10.5 Å². The van der Waals surface area contributed by atoms with Crippen LogP contribution in [-0.4, -0.2) is 10.5 Å². The maximum Gasteiger partial charge on any atom is 0.0895 e. The van der Waals surface area contributed by atoms with E-state index < -0.39 is 0 Å². The van der Waals surface area contributed by atoms with Crippen molar-refractivity contribution in [1.29, 1.82) is 0 Å². The fraction of sp³-hybridized carbons (Fsp3) is 1.00. The van der Waals surface area contributed by atoms with Gasteiger partial charge in [0.25, 0.3) is 0 Å². The Balaban J connectivity index is 3.88. The molecule has 0 fully saturated rings. The summed E-state index contributed by atoms with van der Waals surface area (Å²) < 4.78 is 0. The average Bonchev–Trinajstić information content (AvgIpc) is 1.87. The van der Waals surface area contributed by atoms with Gasteiger partial charge in [0.15, 0.2) is 0 Å². The third-order valence-corrected chi connectivity index (χ3v) is 1.36. The smallest absolute Gasteiger partial charge is 0.0895 e. The van der Waals surface area contributed by atoms with E-state index in [0.717, 1.165) is 6.42 Å². The second-order valence-corrected chi connectivity index (χ2v) is 2.70. The first kappa shape index (κ1) is 9.00. The summed E-state index contributed by atoms with van der Waals surface area (Å²) in [5.41, 5.74) is 1.99. The van der Waals surface area contributed by atoms with Gasteiger partial charge >= 0.3 is 0 Å². The number of hydrogen-bond donors (Lipinski definition) is 1. The lowest BCUT2D eigenvalue weighted by Crippen LogP contribution is -2.42. The van der Waals surface area contributed by atoms with Gasteiger partial charge in [-0.25, -0.2) is 0 Å². The molecule has 0 spiro atoms. The lowest BCUT2D eigenvalue weighted by Gasteiger charge is -2.20. The average molecular weight is 146 g/mol. The summed E-state index contributed by atoms with van der Waals surface area (Å²) in [6.45, 7) is 5.53. The Labute approximate surface area is 59.9 Å². The predicted octanol–water partition coefficient (Wildman–Crippen LogP) is 1.14. The van der Waals surface area contributed by atoms with Crippen molar-refractivity contribution in [2.45, 2.75) is 32.7 Å². The molecule has 0 saturated carbocycles. The normalized spacial score (nSPS) is 13.3. The molecule has 0 amide bonds. The van der Waals surface area contributed by atoms with Crippen LogP contribution in [0.25, 0.3) is 0 Å². The lowest BCUT2D eigenvalue weighted by atomic mass is 10.0. The van der Waals surface area contributed by atoms with Gasteiger partial charge in [-0.2, -0.15) is 5.43 Å². The second-order valence-electron chi connectivity index (χ2n) is 2.70. The van der Waals surface area contributed by atoms with Crippen LogP contribution in [0.15, 0.2) is 5.28 Å². The molecule has 5 nitrogen and oxygen atoms in total. The number of hydrogen-bond acceptors (Lipinski definition) is 3. The van der Waals surface area contributed by atoms with Crippen molar-refractivity contribution in [1.82, 2.24) is 5.43 Å². The highest BCUT2D eigenvalue weighted by atomic mass is 16.6. The molecular weight excluding hydrogens is 134 g/mol. The maximum atomic E-state index is 10.3. The Morgan fingerprint density at radius 1 is 1.60 bits per heavy atom. The molecule has 0 atom stereocenters. The zero-order chi connectivity index (χ0) is 8.20. The van der Waals surface area contributed by atoms with Crippen molar-refractivity contribution in [2.24, 2.45) is 5.28 Å². The molecule has 60 valence electrons. The zero-order valence-corrected chi connectivity index (χ0v) is 6.42. The summed E-state index contributed by atoms with van der Waals surface area (Å²) in [4.78, 5) is -0.0660. The molecule has 0 saturated heterocycles. The monoisotopic (exact) mass is 146 g/mol. The van der Waals surface area contributed by atoms with E-state index in [9.17, 15) is 10.4 Å². The highest BCUT2D eigenvalue weighted by Crippen LogP contribution is 2.05. The summed E-state index contributed by atoms with van der Waals surface area (Å²) in [6.07, 6.45) is 0.751. The van der Waals surface area contributed by atoms with E-state index >= 15 is 0 Å². The quantitative estimate of drug-likeness (QED) is 0.368. The number of rotatable bonds is 3. The Bertz CT molecular complexity index is 133. The molecule has 0 aromatic heterocycles. The Morgan fingerprint density at radius 3 is 2.40 bits per heavy atom. The molecule has 10 heavy (non-hydrogen) atoms. The third kappa shape index (κ3) is 3.11. The lowest BCUT2D eigenvalue weighted by molar-refractivity contribution is -0.598. The molecule has 0 radical (unpaired) electrons. The zero-order valence-electron chi connectivity index (χ0n) is 6.42. The molecule has 5 heteroatoms. The van der Waals surface area contributed by atoms with Gasteiger partial charge < -0.3 is 10.4 Å². The summed E-state index contributed by atoms with van der Waals surface area (Å²) in [6, 6.07) is 0. The van der Waals surface area contributed by atoms with Gasteiger partial charge in [0, 0.05) is 4.97 Å². The largest absolute Gasteiger partial charge is 0.737 e. The Kier molecular flexibility index (Phi) is 2.92. The van der Waals surface area contributed by atoms with E-state index in [4.69, 9.17) is 0 Å². The predicted molar refractivity (Wildman–Crippen MR) is 36.9 cm³/mol. The highest BCUT2D eigenvalue weighted by Gasteiger charge is 2.17. The van der Waals surface area contributed by atoms with Crippen LogP contribution >= 0.6 is 0 Å². The van der Waals surface area contributed by atoms with Crippen molar-refractivity contribution >= 4 is 0 Å². The van der Waals surface area contributed by atoms with Crippen molar-refractivity contribution in [3.63, 3.8) is 0 Å². The maximum absolute atomic E-state index is 10.3. The van der Waals surface area contributed by atoms with Crippen LogP contribution in [-0.2, 0) is 0 Å². The molecule has 0 aliphatic carbocycles. The van der Waals surface area contributed by atoms with Crippen LogP contribution in [0.1, 0.15) is 27.2 Å². The Morgan fingerprint density at radius 2 is 2.10 bits per heavy atom. The standard InChI is InChI=1S/C5H13N3O2/c1-4-5(2,3)6-8(10)7-9/h9H,4H2,1-3H3,(H,6,7)/p-1. The molecule has 0 unspecified atom stereocenters. The number of nitrogens with one attached hydrogen (secondary N) is 1. The van der Waals surface area contributed by atoms with Gasteiger partial charge in [-0.05, 0) is 25.5 Å². The van der Waals surface area contributed by atoms with E-state index in [0.29, 0.717) is 0 Å². The van der Waals surface area contributed by atoms with E-state index in [1.165, 1.54) is 0 Å². The van der Waals surface area contributed by atoms with Gasteiger partial charge in [0.1, 0.15) is 0 Å². The van der Waals surface area contributed by atoms with Crippen molar-refractivity contribution in [3.05, 3.63) is 10.4 Å². The van der Waals surface area contributed by atoms with E-state index in [1.54, 1.807) is 0 Å².